The van der Waals surface area contributed by atoms with Crippen LogP contribution in [0.15, 0.2) is 22.7 Å². The maximum Gasteiger partial charge on any atom is 0.133 e. The first-order valence-electron chi connectivity index (χ1n) is 7.07. The topological polar surface area (TPSA) is 43.8 Å². The number of nitrogens with zero attached hydrogens (tertiary/aromatic N) is 2. The number of halogens is 2. The molecule has 0 fully saturated rings. The first-order chi connectivity index (χ1) is 9.75. The number of hydrogen-bond donors (Lipinski definition) is 1. The number of imidazole rings is 1. The Bertz CT molecular complexity index is 656. The van der Waals surface area contributed by atoms with E-state index in [0.29, 0.717) is 21.5 Å². The van der Waals surface area contributed by atoms with E-state index < -0.39 is 0 Å². The van der Waals surface area contributed by atoms with E-state index in [1.807, 2.05) is 4.57 Å². The van der Waals surface area contributed by atoms with Gasteiger partial charge in [0.15, 0.2) is 0 Å². The van der Waals surface area contributed by atoms with Gasteiger partial charge in [0.05, 0.1) is 0 Å². The fraction of sp³-hybridized carbons (Fsp3) is 0.438. The van der Waals surface area contributed by atoms with Crippen molar-refractivity contribution in [2.75, 3.05) is 5.73 Å². The number of rotatable bonds is 3. The van der Waals surface area contributed by atoms with Crippen LogP contribution in [-0.2, 0) is 12.0 Å². The highest BCUT2D eigenvalue weighted by molar-refractivity contribution is 9.10. The van der Waals surface area contributed by atoms with Crippen LogP contribution in [0.3, 0.4) is 0 Å². The van der Waals surface area contributed by atoms with E-state index in [-0.39, 0.29) is 11.2 Å². The van der Waals surface area contributed by atoms with Gasteiger partial charge in [-0.2, -0.15) is 0 Å². The average molecular weight is 354 g/mol. The summed E-state index contributed by atoms with van der Waals surface area (Å²) in [5, 5.41) is 0. The Labute approximate surface area is 133 Å². The van der Waals surface area contributed by atoms with Gasteiger partial charge in [-0.1, -0.05) is 43.6 Å². The van der Waals surface area contributed by atoms with Crippen molar-refractivity contribution >= 4 is 21.7 Å². The standard InChI is InChI=1S/C16H21BrFN3/c1-5-8-21-14(19)13(20-15(21)16(2,3)4)11-7-6-10(17)9-12(11)18/h6-7,9H,5,8,19H2,1-4H3. The van der Waals surface area contributed by atoms with Crippen LogP contribution in [0.4, 0.5) is 10.2 Å². The second-order valence-corrected chi connectivity index (χ2v) is 7.11. The third kappa shape index (κ3) is 3.12. The molecule has 0 aliphatic carbocycles. The lowest BCUT2D eigenvalue weighted by Crippen LogP contribution is -2.19. The van der Waals surface area contributed by atoms with Crippen LogP contribution in [-0.4, -0.2) is 9.55 Å². The monoisotopic (exact) mass is 353 g/mol. The molecule has 1 aromatic carbocycles. The van der Waals surface area contributed by atoms with E-state index in [4.69, 9.17) is 5.73 Å². The van der Waals surface area contributed by atoms with Crippen LogP contribution in [0, 0.1) is 5.82 Å². The summed E-state index contributed by atoms with van der Waals surface area (Å²) in [5.41, 5.74) is 7.07. The van der Waals surface area contributed by atoms with E-state index in [1.54, 1.807) is 12.1 Å². The average Bonchev–Trinajstić information content (AvgIpc) is 2.68. The van der Waals surface area contributed by atoms with Crippen LogP contribution in [0.25, 0.3) is 11.3 Å². The summed E-state index contributed by atoms with van der Waals surface area (Å²) >= 11 is 3.27. The first kappa shape index (κ1) is 16.0. The van der Waals surface area contributed by atoms with Gasteiger partial charge in [-0.3, -0.25) is 0 Å². The third-order valence-corrected chi connectivity index (χ3v) is 3.80. The Kier molecular flexibility index (Phi) is 4.42. The van der Waals surface area contributed by atoms with Crippen LogP contribution in [0.1, 0.15) is 39.9 Å². The summed E-state index contributed by atoms with van der Waals surface area (Å²) in [4.78, 5) is 4.64. The van der Waals surface area contributed by atoms with Crippen LogP contribution in [0.5, 0.6) is 0 Å². The van der Waals surface area contributed by atoms with E-state index in [2.05, 4.69) is 48.6 Å². The van der Waals surface area contributed by atoms with Gasteiger partial charge in [-0.15, -0.1) is 0 Å². The first-order valence-corrected chi connectivity index (χ1v) is 7.87. The highest BCUT2D eigenvalue weighted by atomic mass is 79.9. The van der Waals surface area contributed by atoms with Crippen LogP contribution < -0.4 is 5.73 Å². The number of nitrogens with two attached hydrogens (primary N) is 1. The number of anilines is 1. The highest BCUT2D eigenvalue weighted by Gasteiger charge is 2.26. The van der Waals surface area contributed by atoms with Crippen LogP contribution in [0.2, 0.25) is 0 Å². The minimum absolute atomic E-state index is 0.145. The molecule has 0 aliphatic heterocycles. The fourth-order valence-corrected chi connectivity index (χ4v) is 2.70. The molecule has 2 rings (SSSR count). The van der Waals surface area contributed by atoms with E-state index >= 15 is 0 Å². The second-order valence-electron chi connectivity index (χ2n) is 6.20. The van der Waals surface area contributed by atoms with Gasteiger partial charge in [-0.25, -0.2) is 9.37 Å². The zero-order chi connectivity index (χ0) is 15.8. The van der Waals surface area contributed by atoms with Gasteiger partial charge in [-0.05, 0) is 24.6 Å². The predicted octanol–water partition coefficient (Wildman–Crippen LogP) is 4.74. The molecule has 2 N–H and O–H groups in total. The lowest BCUT2D eigenvalue weighted by atomic mass is 9.95. The molecule has 0 aliphatic rings. The largest absolute Gasteiger partial charge is 0.383 e. The van der Waals surface area contributed by atoms with Crippen molar-refractivity contribution in [3.63, 3.8) is 0 Å². The summed E-state index contributed by atoms with van der Waals surface area (Å²) in [6.45, 7) is 9.13. The summed E-state index contributed by atoms with van der Waals surface area (Å²) in [7, 11) is 0. The van der Waals surface area contributed by atoms with Gasteiger partial charge >= 0.3 is 0 Å². The molecule has 0 bridgehead atoms. The number of nitrogen functional groups attached to an aromatic ring is 1. The Hall–Kier alpha value is -1.36. The summed E-state index contributed by atoms with van der Waals surface area (Å²) in [6.07, 6.45) is 0.950. The Balaban J connectivity index is 2.65. The molecule has 0 atom stereocenters. The van der Waals surface area contributed by atoms with Crippen LogP contribution >= 0.6 is 15.9 Å². The molecular formula is C16H21BrFN3. The predicted molar refractivity (Wildman–Crippen MR) is 88.7 cm³/mol. The van der Waals surface area contributed by atoms with Crippen molar-refractivity contribution in [2.45, 2.75) is 46.1 Å². The molecule has 0 saturated heterocycles. The van der Waals surface area contributed by atoms with Gasteiger partial charge < -0.3 is 10.3 Å². The maximum atomic E-state index is 14.2. The molecule has 21 heavy (non-hydrogen) atoms. The molecular weight excluding hydrogens is 333 g/mol. The summed E-state index contributed by atoms with van der Waals surface area (Å²) < 4.78 is 16.9. The molecule has 5 heteroatoms. The Morgan fingerprint density at radius 1 is 1.33 bits per heavy atom. The molecule has 0 unspecified atom stereocenters. The molecule has 3 nitrogen and oxygen atoms in total. The zero-order valence-electron chi connectivity index (χ0n) is 12.9. The minimum atomic E-state index is -0.322. The third-order valence-electron chi connectivity index (χ3n) is 3.31. The quantitative estimate of drug-likeness (QED) is 0.865. The fourth-order valence-electron chi connectivity index (χ4n) is 2.37. The van der Waals surface area contributed by atoms with Crippen molar-refractivity contribution in [3.8, 4) is 11.3 Å². The number of benzene rings is 1. The molecule has 1 aromatic heterocycles. The molecule has 0 amide bonds. The molecule has 0 spiro atoms. The van der Waals surface area contributed by atoms with Gasteiger partial charge in [0.25, 0.3) is 0 Å². The minimum Gasteiger partial charge on any atom is -0.383 e. The molecule has 1 heterocycles. The molecule has 2 aromatic rings. The maximum absolute atomic E-state index is 14.2. The van der Waals surface area contributed by atoms with Gasteiger partial charge in [0.1, 0.15) is 23.2 Å². The van der Waals surface area contributed by atoms with Crippen molar-refractivity contribution in [3.05, 3.63) is 34.3 Å². The second kappa shape index (κ2) is 5.79. The lowest BCUT2D eigenvalue weighted by molar-refractivity contribution is 0.498. The van der Waals surface area contributed by atoms with E-state index in [0.717, 1.165) is 18.8 Å². The SMILES string of the molecule is CCCn1c(C(C)(C)C)nc(-c2ccc(Br)cc2F)c1N. The smallest absolute Gasteiger partial charge is 0.133 e. The number of hydrogen-bond acceptors (Lipinski definition) is 2. The Morgan fingerprint density at radius 2 is 2.00 bits per heavy atom. The van der Waals surface area contributed by atoms with Gasteiger partial charge in [0.2, 0.25) is 0 Å². The highest BCUT2D eigenvalue weighted by Crippen LogP contribution is 2.34. The molecule has 114 valence electrons. The molecule has 0 radical (unpaired) electrons. The van der Waals surface area contributed by atoms with Crippen molar-refractivity contribution in [1.29, 1.82) is 0 Å². The van der Waals surface area contributed by atoms with E-state index in [9.17, 15) is 4.39 Å². The summed E-state index contributed by atoms with van der Waals surface area (Å²) in [5.74, 6) is 1.10. The lowest BCUT2D eigenvalue weighted by Gasteiger charge is -2.19. The van der Waals surface area contributed by atoms with Crippen molar-refractivity contribution < 1.29 is 4.39 Å². The van der Waals surface area contributed by atoms with Crippen molar-refractivity contribution in [1.82, 2.24) is 9.55 Å². The zero-order valence-corrected chi connectivity index (χ0v) is 14.5. The number of aromatic nitrogens is 2. The summed E-state index contributed by atoms with van der Waals surface area (Å²) in [6, 6.07) is 4.94. The van der Waals surface area contributed by atoms with Crippen molar-refractivity contribution in [2.24, 2.45) is 0 Å². The Morgan fingerprint density at radius 3 is 2.52 bits per heavy atom. The normalized spacial score (nSPS) is 11.9. The molecule has 0 saturated carbocycles. The van der Waals surface area contributed by atoms with E-state index in [1.165, 1.54) is 6.07 Å². The van der Waals surface area contributed by atoms with Gasteiger partial charge in [0, 0.05) is 22.0 Å².